The van der Waals surface area contributed by atoms with Gasteiger partial charge >= 0.3 is 5.97 Å². The molecule has 0 aliphatic heterocycles. The van der Waals surface area contributed by atoms with Gasteiger partial charge in [-0.2, -0.15) is 5.10 Å². The molecule has 0 spiro atoms. The monoisotopic (exact) mass is 521 g/mol. The number of nitrogens with one attached hydrogen (secondary N) is 1. The summed E-state index contributed by atoms with van der Waals surface area (Å²) in [5.41, 5.74) is 2.17. The molecule has 0 atom stereocenters. The van der Waals surface area contributed by atoms with Crippen LogP contribution in [0.5, 0.6) is 11.5 Å². The fourth-order valence-corrected chi connectivity index (χ4v) is 3.40. The minimum absolute atomic E-state index is 0.0434. The van der Waals surface area contributed by atoms with Crippen molar-refractivity contribution in [1.29, 1.82) is 0 Å². The number of amides is 1. The molecule has 0 saturated carbocycles. The van der Waals surface area contributed by atoms with E-state index in [0.717, 1.165) is 18.3 Å². The van der Waals surface area contributed by atoms with Gasteiger partial charge in [0, 0.05) is 27.7 Å². The largest absolute Gasteiger partial charge is 0.496 e. The molecular formula is C22H14Cl3N3O6. The molecule has 0 radical (unpaired) electrons. The summed E-state index contributed by atoms with van der Waals surface area (Å²) in [6.45, 7) is 0. The molecule has 0 bridgehead atoms. The van der Waals surface area contributed by atoms with E-state index in [1.54, 1.807) is 0 Å². The Bertz CT molecular complexity index is 1310. The number of hydrogen-bond donors (Lipinski definition) is 1. The third-order valence-electron chi connectivity index (χ3n) is 4.33. The van der Waals surface area contributed by atoms with E-state index < -0.39 is 16.8 Å². The zero-order chi connectivity index (χ0) is 24.8. The molecule has 0 aliphatic carbocycles. The molecule has 0 unspecified atom stereocenters. The van der Waals surface area contributed by atoms with Crippen molar-refractivity contribution in [3.8, 4) is 11.5 Å². The highest BCUT2D eigenvalue weighted by atomic mass is 35.5. The third kappa shape index (κ3) is 6.02. The number of nitrogens with zero attached hydrogens (tertiary/aromatic N) is 2. The second-order valence-electron chi connectivity index (χ2n) is 6.54. The van der Waals surface area contributed by atoms with Gasteiger partial charge in [0.15, 0.2) is 0 Å². The number of carbonyl (C=O) groups excluding carboxylic acids is 2. The van der Waals surface area contributed by atoms with Crippen LogP contribution >= 0.6 is 34.8 Å². The summed E-state index contributed by atoms with van der Waals surface area (Å²) in [5, 5.41) is 15.7. The van der Waals surface area contributed by atoms with Crippen LogP contribution in [0, 0.1) is 10.1 Å². The van der Waals surface area contributed by atoms with Gasteiger partial charge in [0.1, 0.15) is 17.1 Å². The Hall–Kier alpha value is -3.66. The van der Waals surface area contributed by atoms with E-state index in [9.17, 15) is 19.7 Å². The molecule has 0 aliphatic rings. The van der Waals surface area contributed by atoms with E-state index in [4.69, 9.17) is 44.3 Å². The number of hydrogen-bond acceptors (Lipinski definition) is 7. The Labute approximate surface area is 208 Å². The quantitative estimate of drug-likeness (QED) is 0.143. The number of benzene rings is 3. The van der Waals surface area contributed by atoms with Gasteiger partial charge in [0.25, 0.3) is 11.6 Å². The van der Waals surface area contributed by atoms with Crippen LogP contribution in [-0.2, 0) is 0 Å². The summed E-state index contributed by atoms with van der Waals surface area (Å²) in [6, 6.07) is 12.2. The van der Waals surface area contributed by atoms with Gasteiger partial charge in [-0.05, 0) is 42.5 Å². The molecule has 0 saturated heterocycles. The minimum atomic E-state index is -0.820. The molecule has 3 aromatic rings. The van der Waals surface area contributed by atoms with E-state index >= 15 is 0 Å². The Balaban J connectivity index is 1.87. The van der Waals surface area contributed by atoms with Gasteiger partial charge in [-0.25, -0.2) is 10.2 Å². The van der Waals surface area contributed by atoms with Crippen LogP contribution in [0.15, 0.2) is 59.7 Å². The van der Waals surface area contributed by atoms with Crippen LogP contribution in [0.25, 0.3) is 0 Å². The molecule has 34 heavy (non-hydrogen) atoms. The molecule has 174 valence electrons. The molecule has 9 nitrogen and oxygen atoms in total. The number of nitro benzene ring substituents is 1. The number of non-ortho nitro benzene ring substituents is 1. The smallest absolute Gasteiger partial charge is 0.347 e. The summed E-state index contributed by atoms with van der Waals surface area (Å²) in [6.07, 6.45) is 1.09. The maximum atomic E-state index is 12.7. The molecule has 1 amide bonds. The van der Waals surface area contributed by atoms with Crippen LogP contribution in [0.3, 0.4) is 0 Å². The van der Waals surface area contributed by atoms with Crippen molar-refractivity contribution >= 4 is 58.6 Å². The fourth-order valence-electron chi connectivity index (χ4n) is 2.73. The molecule has 0 heterocycles. The van der Waals surface area contributed by atoms with Crippen molar-refractivity contribution in [2.75, 3.05) is 7.11 Å². The standard InChI is InChI=1S/C22H14Cl3N3O6/c1-33-20-6-3-13(23)9-17(20)22(30)34-19-7-4-15(28(31)32)8-12(19)11-26-27-21(29)16-5-2-14(24)10-18(16)25/h2-11H,1H3,(H,27,29)/b26-11+. The van der Waals surface area contributed by atoms with Crippen LogP contribution in [-0.4, -0.2) is 30.1 Å². The first-order valence-electron chi connectivity index (χ1n) is 9.32. The second-order valence-corrected chi connectivity index (χ2v) is 7.82. The van der Waals surface area contributed by atoms with Crippen LogP contribution in [0.2, 0.25) is 15.1 Å². The van der Waals surface area contributed by atoms with Crippen molar-refractivity contribution in [3.05, 3.63) is 96.5 Å². The zero-order valence-corrected chi connectivity index (χ0v) is 19.5. The lowest BCUT2D eigenvalue weighted by molar-refractivity contribution is -0.384. The summed E-state index contributed by atoms with van der Waals surface area (Å²) >= 11 is 17.8. The van der Waals surface area contributed by atoms with E-state index in [0.29, 0.717) is 5.02 Å². The molecule has 3 aromatic carbocycles. The predicted octanol–water partition coefficient (Wildman–Crippen LogP) is 5.55. The average molecular weight is 523 g/mol. The maximum Gasteiger partial charge on any atom is 0.347 e. The average Bonchev–Trinajstić information content (AvgIpc) is 2.79. The molecule has 0 fully saturated rings. The highest BCUT2D eigenvalue weighted by Gasteiger charge is 2.19. The number of ether oxygens (including phenoxy) is 2. The number of methoxy groups -OCH3 is 1. The van der Waals surface area contributed by atoms with Gasteiger partial charge in [-0.3, -0.25) is 14.9 Å². The van der Waals surface area contributed by atoms with E-state index in [1.807, 2.05) is 0 Å². The van der Waals surface area contributed by atoms with Crippen molar-refractivity contribution in [1.82, 2.24) is 5.43 Å². The number of esters is 1. The first-order valence-corrected chi connectivity index (χ1v) is 10.5. The number of rotatable bonds is 7. The van der Waals surface area contributed by atoms with Gasteiger partial charge in [-0.1, -0.05) is 34.8 Å². The lowest BCUT2D eigenvalue weighted by atomic mass is 10.1. The highest BCUT2D eigenvalue weighted by Crippen LogP contribution is 2.27. The van der Waals surface area contributed by atoms with E-state index in [-0.39, 0.29) is 43.9 Å². The second kappa shape index (κ2) is 11.0. The van der Waals surface area contributed by atoms with Crippen molar-refractivity contribution in [2.24, 2.45) is 5.10 Å². The fraction of sp³-hybridized carbons (Fsp3) is 0.0455. The van der Waals surface area contributed by atoms with Crippen LogP contribution < -0.4 is 14.9 Å². The molecule has 0 aromatic heterocycles. The van der Waals surface area contributed by atoms with Crippen LogP contribution in [0.1, 0.15) is 26.3 Å². The Morgan fingerprint density at radius 1 is 0.971 bits per heavy atom. The SMILES string of the molecule is COc1ccc(Cl)cc1C(=O)Oc1ccc([N+](=O)[O-])cc1/C=N/NC(=O)c1ccc(Cl)cc1Cl. The molecule has 3 rings (SSSR count). The molecule has 1 N–H and O–H groups in total. The molecular weight excluding hydrogens is 509 g/mol. The molecule has 12 heteroatoms. The number of halogens is 3. The summed E-state index contributed by atoms with van der Waals surface area (Å²) in [7, 11) is 1.37. The van der Waals surface area contributed by atoms with Gasteiger partial charge in [0.2, 0.25) is 0 Å². The van der Waals surface area contributed by atoms with Crippen molar-refractivity contribution < 1.29 is 24.0 Å². The predicted molar refractivity (Wildman–Crippen MR) is 128 cm³/mol. The Morgan fingerprint density at radius 3 is 2.32 bits per heavy atom. The maximum absolute atomic E-state index is 12.7. The van der Waals surface area contributed by atoms with Crippen molar-refractivity contribution in [3.63, 3.8) is 0 Å². The summed E-state index contributed by atoms with van der Waals surface area (Å²) in [4.78, 5) is 35.6. The van der Waals surface area contributed by atoms with Gasteiger partial charge in [0.05, 0.1) is 28.8 Å². The van der Waals surface area contributed by atoms with E-state index in [2.05, 4.69) is 10.5 Å². The van der Waals surface area contributed by atoms with Gasteiger partial charge < -0.3 is 9.47 Å². The first kappa shape index (κ1) is 25.0. The lowest BCUT2D eigenvalue weighted by Gasteiger charge is -2.10. The first-order chi connectivity index (χ1) is 16.2. The number of hydrazone groups is 1. The summed E-state index contributed by atoms with van der Waals surface area (Å²) < 4.78 is 10.5. The third-order valence-corrected chi connectivity index (χ3v) is 5.12. The highest BCUT2D eigenvalue weighted by molar-refractivity contribution is 6.36. The zero-order valence-electron chi connectivity index (χ0n) is 17.3. The normalized spacial score (nSPS) is 10.7. The van der Waals surface area contributed by atoms with E-state index in [1.165, 1.54) is 49.6 Å². The summed E-state index contributed by atoms with van der Waals surface area (Å²) in [5.74, 6) is -1.30. The van der Waals surface area contributed by atoms with Gasteiger partial charge in [-0.15, -0.1) is 0 Å². The van der Waals surface area contributed by atoms with Crippen molar-refractivity contribution in [2.45, 2.75) is 0 Å². The number of carbonyl (C=O) groups is 2. The minimum Gasteiger partial charge on any atom is -0.496 e. The van der Waals surface area contributed by atoms with Crippen LogP contribution in [0.4, 0.5) is 5.69 Å². The Morgan fingerprint density at radius 2 is 1.65 bits per heavy atom. The number of nitro groups is 1. The lowest BCUT2D eigenvalue weighted by Crippen LogP contribution is -2.18. The Kier molecular flexibility index (Phi) is 8.06. The topological polar surface area (TPSA) is 120 Å².